The zero-order valence-electron chi connectivity index (χ0n) is 17.4. The molecule has 0 saturated carbocycles. The van der Waals surface area contributed by atoms with Gasteiger partial charge in [-0.05, 0) is 6.42 Å². The molecule has 0 spiro atoms. The molecule has 0 atom stereocenters. The maximum atomic E-state index is 11.9. The topological polar surface area (TPSA) is 41.6 Å². The van der Waals surface area contributed by atoms with Gasteiger partial charge in [-0.15, -0.1) is 0 Å². The van der Waals surface area contributed by atoms with E-state index in [1.54, 1.807) is 0 Å². The number of morpholine rings is 1. The highest BCUT2D eigenvalue weighted by molar-refractivity contribution is 5.77. The minimum absolute atomic E-state index is 0.168. The van der Waals surface area contributed by atoms with Gasteiger partial charge in [0.25, 0.3) is 0 Å². The van der Waals surface area contributed by atoms with Crippen LogP contribution >= 0.6 is 0 Å². The zero-order chi connectivity index (χ0) is 18.7. The van der Waals surface area contributed by atoms with E-state index in [1.807, 2.05) is 0 Å². The lowest BCUT2D eigenvalue weighted by atomic mass is 10.0. The molecule has 1 amide bonds. The first-order valence-electron chi connectivity index (χ1n) is 11.4. The number of nitrogens with zero attached hydrogens (tertiary/aromatic N) is 1. The van der Waals surface area contributed by atoms with Crippen molar-refractivity contribution in [3.8, 4) is 0 Å². The lowest BCUT2D eigenvalue weighted by Gasteiger charge is -2.25. The summed E-state index contributed by atoms with van der Waals surface area (Å²) >= 11 is 0. The molecule has 0 radical (unpaired) electrons. The van der Waals surface area contributed by atoms with Gasteiger partial charge in [0.1, 0.15) is 0 Å². The van der Waals surface area contributed by atoms with Crippen molar-refractivity contribution in [2.45, 2.75) is 96.8 Å². The van der Waals surface area contributed by atoms with Crippen LogP contribution in [0.2, 0.25) is 0 Å². The molecule has 0 aliphatic carbocycles. The highest BCUT2D eigenvalue weighted by atomic mass is 16.5. The average Bonchev–Trinajstić information content (AvgIpc) is 2.65. The summed E-state index contributed by atoms with van der Waals surface area (Å²) in [6.45, 7) is 6.92. The first-order chi connectivity index (χ1) is 12.8. The Morgan fingerprint density at radius 3 is 1.73 bits per heavy atom. The normalized spacial score (nSPS) is 15.3. The fourth-order valence-corrected chi connectivity index (χ4v) is 3.57. The molecule has 0 unspecified atom stereocenters. The number of hydrogen-bond donors (Lipinski definition) is 1. The molecule has 0 aromatic carbocycles. The van der Waals surface area contributed by atoms with E-state index >= 15 is 0 Å². The largest absolute Gasteiger partial charge is 0.379 e. The van der Waals surface area contributed by atoms with Gasteiger partial charge >= 0.3 is 0 Å². The van der Waals surface area contributed by atoms with Gasteiger partial charge in [0, 0.05) is 19.6 Å². The molecular formula is C22H44N2O2. The molecule has 0 aromatic heterocycles. The summed E-state index contributed by atoms with van der Waals surface area (Å²) in [4.78, 5) is 14.0. The minimum Gasteiger partial charge on any atom is -0.379 e. The molecule has 0 aromatic rings. The van der Waals surface area contributed by atoms with E-state index in [2.05, 4.69) is 17.1 Å². The van der Waals surface area contributed by atoms with Crippen LogP contribution in [-0.4, -0.2) is 50.2 Å². The minimum atomic E-state index is 0.168. The molecule has 4 nitrogen and oxygen atoms in total. The van der Waals surface area contributed by atoms with Crippen LogP contribution in [0.5, 0.6) is 0 Å². The Bertz CT molecular complexity index is 317. The Balaban J connectivity index is 1.73. The number of hydrogen-bond acceptors (Lipinski definition) is 3. The number of amides is 1. The average molecular weight is 369 g/mol. The summed E-state index contributed by atoms with van der Waals surface area (Å²) in [5.74, 6) is 0.168. The Hall–Kier alpha value is -0.610. The first-order valence-corrected chi connectivity index (χ1v) is 11.4. The SMILES string of the molecule is CCCCCCCCCCCCCCCCNC(=O)CN1CCOCC1. The van der Waals surface area contributed by atoms with Crippen molar-refractivity contribution in [3.63, 3.8) is 0 Å². The summed E-state index contributed by atoms with van der Waals surface area (Å²) in [6, 6.07) is 0. The standard InChI is InChI=1S/C22H44N2O2/c1-2-3-4-5-6-7-8-9-10-11-12-13-14-15-16-23-22(25)21-24-17-19-26-20-18-24/h2-21H2,1H3,(H,23,25). The molecule has 1 rings (SSSR count). The molecule has 1 aliphatic heterocycles. The van der Waals surface area contributed by atoms with Crippen LogP contribution in [-0.2, 0) is 9.53 Å². The molecular weight excluding hydrogens is 324 g/mol. The fourth-order valence-electron chi connectivity index (χ4n) is 3.57. The van der Waals surface area contributed by atoms with E-state index in [-0.39, 0.29) is 5.91 Å². The lowest BCUT2D eigenvalue weighted by Crippen LogP contribution is -2.43. The molecule has 1 aliphatic rings. The van der Waals surface area contributed by atoms with E-state index in [9.17, 15) is 4.79 Å². The number of unbranched alkanes of at least 4 members (excludes halogenated alkanes) is 13. The van der Waals surface area contributed by atoms with Crippen molar-refractivity contribution in [2.75, 3.05) is 39.4 Å². The van der Waals surface area contributed by atoms with Crippen LogP contribution in [0.3, 0.4) is 0 Å². The van der Waals surface area contributed by atoms with Gasteiger partial charge in [0.2, 0.25) is 5.91 Å². The summed E-state index contributed by atoms with van der Waals surface area (Å²) in [5.41, 5.74) is 0. The molecule has 1 saturated heterocycles. The van der Waals surface area contributed by atoms with E-state index in [0.29, 0.717) is 6.54 Å². The predicted molar refractivity (Wildman–Crippen MR) is 111 cm³/mol. The third kappa shape index (κ3) is 14.5. The van der Waals surface area contributed by atoms with Crippen molar-refractivity contribution in [1.29, 1.82) is 0 Å². The van der Waals surface area contributed by atoms with Gasteiger partial charge in [0.15, 0.2) is 0 Å². The van der Waals surface area contributed by atoms with E-state index in [4.69, 9.17) is 4.74 Å². The molecule has 0 bridgehead atoms. The summed E-state index contributed by atoms with van der Waals surface area (Å²) in [6.07, 6.45) is 19.2. The third-order valence-electron chi connectivity index (χ3n) is 5.32. The Morgan fingerprint density at radius 1 is 0.769 bits per heavy atom. The zero-order valence-corrected chi connectivity index (χ0v) is 17.4. The second-order valence-corrected chi connectivity index (χ2v) is 7.83. The third-order valence-corrected chi connectivity index (χ3v) is 5.32. The maximum Gasteiger partial charge on any atom is 0.234 e. The van der Waals surface area contributed by atoms with E-state index in [1.165, 1.54) is 83.5 Å². The van der Waals surface area contributed by atoms with Gasteiger partial charge in [-0.25, -0.2) is 0 Å². The van der Waals surface area contributed by atoms with E-state index < -0.39 is 0 Å². The second-order valence-electron chi connectivity index (χ2n) is 7.83. The van der Waals surface area contributed by atoms with Crippen LogP contribution in [0, 0.1) is 0 Å². The lowest BCUT2D eigenvalue weighted by molar-refractivity contribution is -0.123. The van der Waals surface area contributed by atoms with Crippen LogP contribution in [0.1, 0.15) is 96.8 Å². The number of rotatable bonds is 17. The van der Waals surface area contributed by atoms with Crippen molar-refractivity contribution < 1.29 is 9.53 Å². The molecule has 26 heavy (non-hydrogen) atoms. The molecule has 154 valence electrons. The van der Waals surface area contributed by atoms with E-state index in [0.717, 1.165) is 39.3 Å². The quantitative estimate of drug-likeness (QED) is 0.371. The molecule has 1 fully saturated rings. The summed E-state index contributed by atoms with van der Waals surface area (Å²) in [5, 5.41) is 3.05. The summed E-state index contributed by atoms with van der Waals surface area (Å²) in [7, 11) is 0. The van der Waals surface area contributed by atoms with Gasteiger partial charge in [0.05, 0.1) is 19.8 Å². The molecule has 1 heterocycles. The van der Waals surface area contributed by atoms with Crippen molar-refractivity contribution in [3.05, 3.63) is 0 Å². The van der Waals surface area contributed by atoms with Crippen molar-refractivity contribution in [2.24, 2.45) is 0 Å². The van der Waals surface area contributed by atoms with Gasteiger partial charge in [-0.3, -0.25) is 9.69 Å². The Labute approximate surface area is 162 Å². The molecule has 1 N–H and O–H groups in total. The Morgan fingerprint density at radius 2 is 1.23 bits per heavy atom. The molecule has 4 heteroatoms. The van der Waals surface area contributed by atoms with Gasteiger partial charge < -0.3 is 10.1 Å². The van der Waals surface area contributed by atoms with Crippen LogP contribution in [0.15, 0.2) is 0 Å². The van der Waals surface area contributed by atoms with Gasteiger partial charge in [-0.1, -0.05) is 90.4 Å². The van der Waals surface area contributed by atoms with Crippen LogP contribution < -0.4 is 5.32 Å². The number of carbonyl (C=O) groups is 1. The summed E-state index contributed by atoms with van der Waals surface area (Å²) < 4.78 is 5.30. The number of carbonyl (C=O) groups excluding carboxylic acids is 1. The second kappa shape index (κ2) is 17.8. The van der Waals surface area contributed by atoms with Crippen LogP contribution in [0.25, 0.3) is 0 Å². The predicted octanol–water partition coefficient (Wildman–Crippen LogP) is 4.92. The van der Waals surface area contributed by atoms with Crippen molar-refractivity contribution >= 4 is 5.91 Å². The smallest absolute Gasteiger partial charge is 0.234 e. The number of nitrogens with one attached hydrogen (secondary N) is 1. The fraction of sp³-hybridized carbons (Fsp3) is 0.955. The Kier molecular flexibility index (Phi) is 16.0. The highest BCUT2D eigenvalue weighted by Crippen LogP contribution is 2.12. The van der Waals surface area contributed by atoms with Crippen molar-refractivity contribution in [1.82, 2.24) is 10.2 Å². The van der Waals surface area contributed by atoms with Crippen LogP contribution in [0.4, 0.5) is 0 Å². The highest BCUT2D eigenvalue weighted by Gasteiger charge is 2.13. The van der Waals surface area contributed by atoms with Gasteiger partial charge in [-0.2, -0.15) is 0 Å². The maximum absolute atomic E-state index is 11.9. The monoisotopic (exact) mass is 368 g/mol. The number of ether oxygens (including phenoxy) is 1. The first kappa shape index (κ1) is 23.4.